The van der Waals surface area contributed by atoms with Gasteiger partial charge >= 0.3 is 6.18 Å². The second-order valence-corrected chi connectivity index (χ2v) is 6.02. The maximum atomic E-state index is 12.2. The zero-order chi connectivity index (χ0) is 18.3. The Morgan fingerprint density at radius 2 is 1.80 bits per heavy atom. The van der Waals surface area contributed by atoms with Gasteiger partial charge in [0.15, 0.2) is 0 Å². The molecule has 0 bridgehead atoms. The van der Waals surface area contributed by atoms with Gasteiger partial charge in [0.1, 0.15) is 5.78 Å². The number of hydrogen-bond acceptors (Lipinski definition) is 2. The summed E-state index contributed by atoms with van der Waals surface area (Å²) in [5.74, 6) is 0.919. The molecule has 5 heteroatoms. The van der Waals surface area contributed by atoms with Crippen molar-refractivity contribution in [3.63, 3.8) is 0 Å². The lowest BCUT2D eigenvalue weighted by molar-refractivity contribution is -0.137. The van der Waals surface area contributed by atoms with Gasteiger partial charge in [0, 0.05) is 20.0 Å². The summed E-state index contributed by atoms with van der Waals surface area (Å²) in [7, 11) is 1.44. The molecular formula is C20H21F3O2. The molecular weight excluding hydrogens is 329 g/mol. The largest absolute Gasteiger partial charge is 0.416 e. The van der Waals surface area contributed by atoms with Crippen molar-refractivity contribution in [2.45, 2.75) is 38.0 Å². The molecule has 0 heterocycles. The molecule has 0 spiro atoms. The van der Waals surface area contributed by atoms with Gasteiger partial charge in [-0.3, -0.25) is 4.79 Å². The van der Waals surface area contributed by atoms with E-state index in [1.54, 1.807) is 6.07 Å². The average molecular weight is 350 g/mol. The minimum Gasteiger partial charge on any atom is -0.380 e. The number of benzene rings is 2. The number of alkyl halides is 3. The van der Waals surface area contributed by atoms with Crippen LogP contribution in [0.5, 0.6) is 0 Å². The maximum absolute atomic E-state index is 12.2. The molecule has 1 fully saturated rings. The first kappa shape index (κ1) is 19.2. The van der Waals surface area contributed by atoms with Crippen LogP contribution >= 0.6 is 0 Å². The second-order valence-electron chi connectivity index (χ2n) is 6.02. The van der Waals surface area contributed by atoms with E-state index in [1.807, 2.05) is 18.2 Å². The van der Waals surface area contributed by atoms with Crippen molar-refractivity contribution in [2.75, 3.05) is 7.11 Å². The lowest BCUT2D eigenvalue weighted by Crippen LogP contribution is -2.05. The first-order chi connectivity index (χ1) is 11.9. The summed E-state index contributed by atoms with van der Waals surface area (Å²) in [5, 5.41) is 0. The molecule has 0 amide bonds. The van der Waals surface area contributed by atoms with Gasteiger partial charge in [-0.2, -0.15) is 13.2 Å². The Balaban J connectivity index is 0.000000181. The van der Waals surface area contributed by atoms with E-state index in [2.05, 4.69) is 12.1 Å². The first-order valence-electron chi connectivity index (χ1n) is 8.12. The predicted molar refractivity (Wildman–Crippen MR) is 90.2 cm³/mol. The molecule has 3 rings (SSSR count). The van der Waals surface area contributed by atoms with Crippen LogP contribution < -0.4 is 0 Å². The van der Waals surface area contributed by atoms with E-state index < -0.39 is 11.7 Å². The fourth-order valence-electron chi connectivity index (χ4n) is 2.83. The summed E-state index contributed by atoms with van der Waals surface area (Å²) in [6.07, 6.45) is -1.70. The number of Topliss-reactive ketones (excluding diaryl/α,β-unsaturated/α-hetero) is 1. The summed E-state index contributed by atoms with van der Waals surface area (Å²) in [6, 6.07) is 15.4. The monoisotopic (exact) mass is 350 g/mol. The molecule has 1 unspecified atom stereocenters. The van der Waals surface area contributed by atoms with Gasteiger partial charge in [-0.25, -0.2) is 0 Å². The van der Waals surface area contributed by atoms with Gasteiger partial charge < -0.3 is 4.74 Å². The lowest BCUT2D eigenvalue weighted by Gasteiger charge is -2.07. The quantitative estimate of drug-likeness (QED) is 0.743. The van der Waals surface area contributed by atoms with Crippen LogP contribution in [0.4, 0.5) is 13.2 Å². The third kappa shape index (κ3) is 6.02. The fraction of sp³-hybridized carbons (Fsp3) is 0.350. The molecule has 1 saturated carbocycles. The lowest BCUT2D eigenvalue weighted by atomic mass is 9.98. The van der Waals surface area contributed by atoms with E-state index in [1.165, 1.54) is 18.7 Å². The van der Waals surface area contributed by atoms with Gasteiger partial charge in [-0.05, 0) is 35.6 Å². The molecule has 0 aromatic heterocycles. The molecule has 1 aliphatic rings. The van der Waals surface area contributed by atoms with E-state index in [4.69, 9.17) is 4.74 Å². The molecule has 2 aromatic rings. The molecule has 2 nitrogen and oxygen atoms in total. The molecule has 25 heavy (non-hydrogen) atoms. The normalized spacial score (nSPS) is 17.1. The van der Waals surface area contributed by atoms with Gasteiger partial charge in [-0.15, -0.1) is 0 Å². The third-order valence-corrected chi connectivity index (χ3v) is 4.08. The molecule has 0 radical (unpaired) electrons. The summed E-state index contributed by atoms with van der Waals surface area (Å²) in [6.45, 7) is 0.198. The Morgan fingerprint density at radius 1 is 1.08 bits per heavy atom. The van der Waals surface area contributed by atoms with E-state index in [9.17, 15) is 18.0 Å². The fourth-order valence-corrected chi connectivity index (χ4v) is 2.83. The molecule has 134 valence electrons. The molecule has 1 atom stereocenters. The zero-order valence-electron chi connectivity index (χ0n) is 14.1. The van der Waals surface area contributed by atoms with Crippen LogP contribution in [0.3, 0.4) is 0 Å². The number of rotatable bonds is 3. The highest BCUT2D eigenvalue weighted by molar-refractivity contribution is 5.81. The third-order valence-electron chi connectivity index (χ3n) is 4.08. The molecule has 2 aromatic carbocycles. The number of carbonyl (C=O) groups excluding carboxylic acids is 1. The van der Waals surface area contributed by atoms with E-state index in [0.717, 1.165) is 31.4 Å². The van der Waals surface area contributed by atoms with Crippen molar-refractivity contribution in [2.24, 2.45) is 0 Å². The van der Waals surface area contributed by atoms with E-state index in [0.29, 0.717) is 17.3 Å². The molecule has 1 aliphatic carbocycles. The standard InChI is InChI=1S/C11H12O.C9H9F3O/c12-11-7-6-10(8-11)9-4-2-1-3-5-9;1-13-6-7-3-2-4-8(5-7)9(10,11)12/h1-5,10H,6-8H2;2-5H,6H2,1H3. The number of hydrogen-bond donors (Lipinski definition) is 0. The van der Waals surface area contributed by atoms with Crippen LogP contribution in [0.1, 0.15) is 41.9 Å². The maximum Gasteiger partial charge on any atom is 0.416 e. The van der Waals surface area contributed by atoms with Crippen LogP contribution in [0.15, 0.2) is 54.6 Å². The molecule has 0 N–H and O–H groups in total. The van der Waals surface area contributed by atoms with Crippen molar-refractivity contribution >= 4 is 5.78 Å². The topological polar surface area (TPSA) is 26.3 Å². The minimum atomic E-state index is -4.27. The number of halogens is 3. The smallest absolute Gasteiger partial charge is 0.380 e. The summed E-state index contributed by atoms with van der Waals surface area (Å²) in [4.78, 5) is 11.0. The van der Waals surface area contributed by atoms with E-state index in [-0.39, 0.29) is 6.61 Å². The van der Waals surface area contributed by atoms with Gasteiger partial charge in [-0.1, -0.05) is 42.5 Å². The highest BCUT2D eigenvalue weighted by Crippen LogP contribution is 2.31. The Labute approximate surface area is 145 Å². The number of ketones is 1. The summed E-state index contributed by atoms with van der Waals surface area (Å²) < 4.78 is 41.2. The van der Waals surface area contributed by atoms with E-state index >= 15 is 0 Å². The van der Waals surface area contributed by atoms with Crippen LogP contribution in [-0.4, -0.2) is 12.9 Å². The van der Waals surface area contributed by atoms with Crippen molar-refractivity contribution in [3.8, 4) is 0 Å². The minimum absolute atomic E-state index is 0.198. The van der Waals surface area contributed by atoms with Gasteiger partial charge in [0.25, 0.3) is 0 Å². The van der Waals surface area contributed by atoms with Gasteiger partial charge in [0.2, 0.25) is 0 Å². The number of ether oxygens (including phenoxy) is 1. The van der Waals surface area contributed by atoms with Crippen molar-refractivity contribution in [1.29, 1.82) is 0 Å². The van der Waals surface area contributed by atoms with Crippen LogP contribution in [0.2, 0.25) is 0 Å². The molecule has 0 saturated heterocycles. The average Bonchev–Trinajstić information content (AvgIpc) is 3.03. The SMILES string of the molecule is COCc1cccc(C(F)(F)F)c1.O=C1CCC(c2ccccc2)C1. The van der Waals surface area contributed by atoms with Crippen molar-refractivity contribution < 1.29 is 22.7 Å². The van der Waals surface area contributed by atoms with Crippen molar-refractivity contribution in [3.05, 3.63) is 71.3 Å². The number of methoxy groups -OCH3 is 1. The van der Waals surface area contributed by atoms with Crippen LogP contribution in [0.25, 0.3) is 0 Å². The van der Waals surface area contributed by atoms with Gasteiger partial charge in [0.05, 0.1) is 12.2 Å². The Hall–Kier alpha value is -2.14. The Morgan fingerprint density at radius 3 is 2.36 bits per heavy atom. The number of carbonyl (C=O) groups is 1. The van der Waals surface area contributed by atoms with Crippen LogP contribution in [-0.2, 0) is 22.3 Å². The Kier molecular flexibility index (Phi) is 6.76. The zero-order valence-corrected chi connectivity index (χ0v) is 14.1. The summed E-state index contributed by atoms with van der Waals surface area (Å²) in [5.41, 5.74) is 1.21. The highest BCUT2D eigenvalue weighted by atomic mass is 19.4. The Bertz CT molecular complexity index is 681. The van der Waals surface area contributed by atoms with Crippen LogP contribution in [0, 0.1) is 0 Å². The van der Waals surface area contributed by atoms with Crippen molar-refractivity contribution in [1.82, 2.24) is 0 Å². The highest BCUT2D eigenvalue weighted by Gasteiger charge is 2.30. The first-order valence-corrected chi connectivity index (χ1v) is 8.12. The molecule has 0 aliphatic heterocycles. The predicted octanol–water partition coefficient (Wildman–Crippen LogP) is 5.38. The summed E-state index contributed by atoms with van der Waals surface area (Å²) >= 11 is 0. The second kappa shape index (κ2) is 8.81.